The van der Waals surface area contributed by atoms with E-state index in [2.05, 4.69) is 47.6 Å². The molecule has 0 spiro atoms. The van der Waals surface area contributed by atoms with Crippen LogP contribution in [0.5, 0.6) is 0 Å². The van der Waals surface area contributed by atoms with Gasteiger partial charge in [-0.05, 0) is 37.8 Å². The number of benzene rings is 1. The van der Waals surface area contributed by atoms with Gasteiger partial charge in [0.15, 0.2) is 5.96 Å². The minimum atomic E-state index is 0. The quantitative estimate of drug-likeness (QED) is 0.237. The molecule has 0 bridgehead atoms. The lowest BCUT2D eigenvalue weighted by molar-refractivity contribution is 0.480. The van der Waals surface area contributed by atoms with Gasteiger partial charge in [-0.15, -0.1) is 24.0 Å². The lowest BCUT2D eigenvalue weighted by Crippen LogP contribution is -2.44. The summed E-state index contributed by atoms with van der Waals surface area (Å²) >= 11 is 0. The number of nitrogen functional groups attached to an aromatic ring is 1. The van der Waals surface area contributed by atoms with Gasteiger partial charge in [0, 0.05) is 19.6 Å². The first-order chi connectivity index (χ1) is 13.0. The van der Waals surface area contributed by atoms with Crippen molar-refractivity contribution in [3.63, 3.8) is 0 Å². The SMILES string of the molecule is CN=C(NCCCc1nn(-c2ccccc2)c(N)c1C#N)NC(C)C(C)C.I. The Kier molecular flexibility index (Phi) is 9.79. The molecule has 4 N–H and O–H groups in total. The van der Waals surface area contributed by atoms with Crippen molar-refractivity contribution in [3.8, 4) is 11.8 Å². The van der Waals surface area contributed by atoms with Crippen LogP contribution in [0.2, 0.25) is 0 Å². The molecule has 28 heavy (non-hydrogen) atoms. The van der Waals surface area contributed by atoms with Gasteiger partial charge in [-0.25, -0.2) is 4.68 Å². The highest BCUT2D eigenvalue weighted by Crippen LogP contribution is 2.21. The summed E-state index contributed by atoms with van der Waals surface area (Å²) in [6, 6.07) is 12.1. The van der Waals surface area contributed by atoms with Crippen LogP contribution in [0.25, 0.3) is 5.69 Å². The standard InChI is InChI=1S/C20H29N7.HI/c1-14(2)15(3)25-20(23-4)24-12-8-11-18-17(13-21)19(22)27(26-18)16-9-6-5-7-10-16;/h5-7,9-10,14-15H,8,11-12,22H2,1-4H3,(H2,23,24,25);1H. The number of nitriles is 1. The first kappa shape index (κ1) is 23.8. The van der Waals surface area contributed by atoms with E-state index in [0.29, 0.717) is 29.8 Å². The molecule has 2 aromatic rings. The van der Waals surface area contributed by atoms with Crippen LogP contribution in [0.15, 0.2) is 35.3 Å². The Morgan fingerprint density at radius 3 is 2.54 bits per heavy atom. The number of aromatic nitrogens is 2. The first-order valence-electron chi connectivity index (χ1n) is 9.28. The van der Waals surface area contributed by atoms with Gasteiger partial charge >= 0.3 is 0 Å². The fourth-order valence-corrected chi connectivity index (χ4v) is 2.58. The molecule has 0 aliphatic heterocycles. The Hall–Kier alpha value is -2.28. The Bertz CT molecular complexity index is 806. The van der Waals surface area contributed by atoms with Crippen molar-refractivity contribution in [1.82, 2.24) is 20.4 Å². The van der Waals surface area contributed by atoms with Crippen LogP contribution in [0.1, 0.15) is 38.4 Å². The Labute approximate surface area is 184 Å². The van der Waals surface area contributed by atoms with Crippen molar-refractivity contribution < 1.29 is 0 Å². The number of anilines is 1. The van der Waals surface area contributed by atoms with Crippen LogP contribution in [0, 0.1) is 17.2 Å². The summed E-state index contributed by atoms with van der Waals surface area (Å²) in [5.74, 6) is 1.69. The summed E-state index contributed by atoms with van der Waals surface area (Å²) < 4.78 is 1.63. The van der Waals surface area contributed by atoms with Gasteiger partial charge in [-0.1, -0.05) is 32.0 Å². The zero-order valence-electron chi connectivity index (χ0n) is 16.9. The maximum Gasteiger partial charge on any atom is 0.191 e. The van der Waals surface area contributed by atoms with Gasteiger partial charge in [0.2, 0.25) is 0 Å². The topological polar surface area (TPSA) is 104 Å². The van der Waals surface area contributed by atoms with Crippen LogP contribution in [-0.2, 0) is 6.42 Å². The molecule has 1 atom stereocenters. The summed E-state index contributed by atoms with van der Waals surface area (Å²) in [6.45, 7) is 7.20. The van der Waals surface area contributed by atoms with Gasteiger partial charge in [0.25, 0.3) is 0 Å². The Morgan fingerprint density at radius 1 is 1.29 bits per heavy atom. The van der Waals surface area contributed by atoms with Crippen molar-refractivity contribution in [2.24, 2.45) is 10.9 Å². The third-order valence-corrected chi connectivity index (χ3v) is 4.58. The van der Waals surface area contributed by atoms with E-state index in [1.807, 2.05) is 30.3 Å². The molecular weight excluding hydrogens is 465 g/mol. The average molecular weight is 495 g/mol. The molecule has 8 heteroatoms. The van der Waals surface area contributed by atoms with Gasteiger partial charge < -0.3 is 16.4 Å². The fourth-order valence-electron chi connectivity index (χ4n) is 2.58. The minimum Gasteiger partial charge on any atom is -0.382 e. The monoisotopic (exact) mass is 495 g/mol. The maximum absolute atomic E-state index is 9.47. The highest BCUT2D eigenvalue weighted by molar-refractivity contribution is 14.0. The van der Waals surface area contributed by atoms with E-state index >= 15 is 0 Å². The van der Waals surface area contributed by atoms with E-state index in [9.17, 15) is 5.26 Å². The first-order valence-corrected chi connectivity index (χ1v) is 9.28. The number of rotatable bonds is 7. The second-order valence-electron chi connectivity index (χ2n) is 6.85. The third-order valence-electron chi connectivity index (χ3n) is 4.58. The van der Waals surface area contributed by atoms with Crippen LogP contribution in [0.3, 0.4) is 0 Å². The number of hydrogen-bond donors (Lipinski definition) is 3. The smallest absolute Gasteiger partial charge is 0.191 e. The lowest BCUT2D eigenvalue weighted by Gasteiger charge is -2.20. The Morgan fingerprint density at radius 2 is 1.96 bits per heavy atom. The van der Waals surface area contributed by atoms with Gasteiger partial charge in [-0.2, -0.15) is 10.4 Å². The molecule has 0 fully saturated rings. The van der Waals surface area contributed by atoms with Crippen molar-refractivity contribution in [1.29, 1.82) is 5.26 Å². The molecule has 1 aromatic carbocycles. The van der Waals surface area contributed by atoms with Crippen LogP contribution < -0.4 is 16.4 Å². The summed E-state index contributed by atoms with van der Waals surface area (Å²) in [5.41, 5.74) is 8.16. The molecule has 1 unspecified atom stereocenters. The zero-order valence-corrected chi connectivity index (χ0v) is 19.3. The second kappa shape index (κ2) is 11.5. The van der Waals surface area contributed by atoms with Crippen molar-refractivity contribution in [2.45, 2.75) is 39.7 Å². The molecule has 1 heterocycles. The van der Waals surface area contributed by atoms with Crippen LogP contribution in [-0.4, -0.2) is 35.4 Å². The Balaban J connectivity index is 0.00000392. The molecule has 0 saturated carbocycles. The molecule has 2 rings (SSSR count). The zero-order chi connectivity index (χ0) is 19.8. The average Bonchev–Trinajstić information content (AvgIpc) is 2.99. The molecule has 0 aliphatic carbocycles. The highest BCUT2D eigenvalue weighted by atomic mass is 127. The van der Waals surface area contributed by atoms with Crippen LogP contribution >= 0.6 is 24.0 Å². The number of aryl methyl sites for hydroxylation is 1. The number of nitrogens with zero attached hydrogens (tertiary/aromatic N) is 4. The molecule has 0 saturated heterocycles. The number of hydrogen-bond acceptors (Lipinski definition) is 4. The van der Waals surface area contributed by atoms with E-state index < -0.39 is 0 Å². The predicted molar refractivity (Wildman–Crippen MR) is 125 cm³/mol. The van der Waals surface area contributed by atoms with Gasteiger partial charge in [0.05, 0.1) is 11.4 Å². The molecular formula is C20H30IN7. The maximum atomic E-state index is 9.47. The van der Waals surface area contributed by atoms with Gasteiger partial charge in [-0.3, -0.25) is 4.99 Å². The van der Waals surface area contributed by atoms with E-state index in [4.69, 9.17) is 5.73 Å². The number of aliphatic imine (C=N–C) groups is 1. The molecule has 1 aromatic heterocycles. The number of halogens is 1. The molecule has 7 nitrogen and oxygen atoms in total. The third kappa shape index (κ3) is 6.12. The van der Waals surface area contributed by atoms with Gasteiger partial charge in [0.1, 0.15) is 17.5 Å². The summed E-state index contributed by atoms with van der Waals surface area (Å²) in [6.07, 6.45) is 1.48. The van der Waals surface area contributed by atoms with Crippen molar-refractivity contribution in [2.75, 3.05) is 19.3 Å². The number of nitrogens with one attached hydrogen (secondary N) is 2. The summed E-state index contributed by atoms with van der Waals surface area (Å²) in [5, 5.41) is 20.7. The number of para-hydroxylation sites is 1. The lowest BCUT2D eigenvalue weighted by atomic mass is 10.1. The number of guanidine groups is 1. The van der Waals surface area contributed by atoms with E-state index in [0.717, 1.165) is 30.3 Å². The predicted octanol–water partition coefficient (Wildman–Crippen LogP) is 3.09. The van der Waals surface area contributed by atoms with E-state index in [-0.39, 0.29) is 24.0 Å². The molecule has 0 aliphatic rings. The highest BCUT2D eigenvalue weighted by Gasteiger charge is 2.16. The molecule has 0 radical (unpaired) electrons. The minimum absolute atomic E-state index is 0. The van der Waals surface area contributed by atoms with Crippen LogP contribution in [0.4, 0.5) is 5.82 Å². The van der Waals surface area contributed by atoms with Crippen molar-refractivity contribution in [3.05, 3.63) is 41.6 Å². The van der Waals surface area contributed by atoms with Crippen molar-refractivity contribution >= 4 is 35.8 Å². The largest absolute Gasteiger partial charge is 0.382 e. The fraction of sp³-hybridized carbons (Fsp3) is 0.450. The number of nitrogens with two attached hydrogens (primary N) is 1. The second-order valence-corrected chi connectivity index (χ2v) is 6.85. The van der Waals surface area contributed by atoms with E-state index in [1.165, 1.54) is 0 Å². The summed E-state index contributed by atoms with van der Waals surface area (Å²) in [7, 11) is 1.76. The van der Waals surface area contributed by atoms with E-state index in [1.54, 1.807) is 11.7 Å². The molecule has 152 valence electrons. The normalized spacial score (nSPS) is 12.2. The summed E-state index contributed by atoms with van der Waals surface area (Å²) in [4.78, 5) is 4.25. The molecule has 0 amide bonds.